The van der Waals surface area contributed by atoms with E-state index in [-0.39, 0.29) is 12.2 Å². The zero-order chi connectivity index (χ0) is 17.1. The van der Waals surface area contributed by atoms with Crippen LogP contribution in [0.2, 0.25) is 0 Å². The highest BCUT2D eigenvalue weighted by molar-refractivity contribution is 5.91. The highest BCUT2D eigenvalue weighted by Gasteiger charge is 2.30. The van der Waals surface area contributed by atoms with Crippen molar-refractivity contribution in [2.45, 2.75) is 44.8 Å². The minimum atomic E-state index is 0.00487. The molecule has 2 aliphatic heterocycles. The van der Waals surface area contributed by atoms with E-state index in [1.54, 1.807) is 0 Å². The van der Waals surface area contributed by atoms with Crippen molar-refractivity contribution in [3.8, 4) is 0 Å². The summed E-state index contributed by atoms with van der Waals surface area (Å²) in [4.78, 5) is 14.6. The van der Waals surface area contributed by atoms with Crippen molar-refractivity contribution in [3.63, 3.8) is 0 Å². The summed E-state index contributed by atoms with van der Waals surface area (Å²) in [5.41, 5.74) is 3.78. The van der Waals surface area contributed by atoms with Gasteiger partial charge in [0, 0.05) is 24.6 Å². The number of nitrogens with zero attached hydrogens (tertiary/aromatic N) is 1. The van der Waals surface area contributed by atoms with E-state index in [9.17, 15) is 4.79 Å². The van der Waals surface area contributed by atoms with Gasteiger partial charge in [-0.3, -0.25) is 4.79 Å². The lowest BCUT2D eigenvalue weighted by Gasteiger charge is -2.33. The first kappa shape index (κ1) is 17.0. The van der Waals surface area contributed by atoms with Crippen LogP contribution in [0.15, 0.2) is 18.2 Å². The molecule has 5 nitrogen and oxygen atoms in total. The van der Waals surface area contributed by atoms with E-state index in [0.717, 1.165) is 57.8 Å². The lowest BCUT2D eigenvalue weighted by molar-refractivity contribution is -0.117. The number of anilines is 1. The molecule has 0 spiro atoms. The smallest absolute Gasteiger partial charge is 0.225 e. The van der Waals surface area contributed by atoms with Gasteiger partial charge < -0.3 is 19.7 Å². The number of nitrogens with one attached hydrogen (secondary N) is 1. The Kier molecular flexibility index (Phi) is 5.34. The number of carbonyl (C=O) groups excluding carboxylic acids is 1. The van der Waals surface area contributed by atoms with E-state index >= 15 is 0 Å². The maximum absolute atomic E-state index is 12.3. The normalized spacial score (nSPS) is 22.2. The van der Waals surface area contributed by atoms with Crippen LogP contribution in [-0.2, 0) is 27.1 Å². The molecule has 4 rings (SSSR count). The molecule has 136 valence electrons. The molecular formula is C20H28N2O3. The maximum atomic E-state index is 12.3. The van der Waals surface area contributed by atoms with E-state index in [4.69, 9.17) is 9.47 Å². The Morgan fingerprint density at radius 3 is 2.68 bits per heavy atom. The van der Waals surface area contributed by atoms with Crippen LogP contribution in [-0.4, -0.2) is 49.9 Å². The summed E-state index contributed by atoms with van der Waals surface area (Å²) in [7, 11) is 0. The first-order valence-corrected chi connectivity index (χ1v) is 9.65. The number of aryl methyl sites for hydroxylation is 2. The van der Waals surface area contributed by atoms with E-state index in [1.807, 2.05) is 6.07 Å². The minimum Gasteiger partial charge on any atom is -0.350 e. The standard InChI is InChI=1S/C20H28N2O3/c23-19(21-18-5-4-15-2-1-3-17(15)14-18)8-11-22-9-6-16(7-10-22)20-24-12-13-25-20/h4-5,14,16,20H,1-3,6-13H2,(H,21,23). The molecule has 2 heterocycles. The van der Waals surface area contributed by atoms with Gasteiger partial charge >= 0.3 is 0 Å². The number of hydrogen-bond donors (Lipinski definition) is 1. The Bertz CT molecular complexity index is 605. The van der Waals surface area contributed by atoms with Crippen LogP contribution in [0.5, 0.6) is 0 Å². The molecule has 1 aromatic carbocycles. The molecule has 1 amide bonds. The third kappa shape index (κ3) is 4.22. The number of hydrogen-bond acceptors (Lipinski definition) is 4. The number of likely N-dealkylation sites (tertiary alicyclic amines) is 1. The van der Waals surface area contributed by atoms with Gasteiger partial charge in [-0.2, -0.15) is 0 Å². The van der Waals surface area contributed by atoms with Gasteiger partial charge in [-0.05, 0) is 68.5 Å². The zero-order valence-corrected chi connectivity index (χ0v) is 14.8. The molecule has 5 heteroatoms. The predicted octanol–water partition coefficient (Wildman–Crippen LogP) is 2.59. The van der Waals surface area contributed by atoms with E-state index in [2.05, 4.69) is 22.3 Å². The van der Waals surface area contributed by atoms with E-state index < -0.39 is 0 Å². The number of fused-ring (bicyclic) bond motifs is 1. The van der Waals surface area contributed by atoms with Gasteiger partial charge in [-0.25, -0.2) is 0 Å². The third-order valence-corrected chi connectivity index (χ3v) is 5.70. The number of ether oxygens (including phenoxy) is 2. The molecule has 1 N–H and O–H groups in total. The van der Waals surface area contributed by atoms with E-state index in [0.29, 0.717) is 12.3 Å². The fourth-order valence-electron chi connectivity index (χ4n) is 4.23. The number of carbonyl (C=O) groups is 1. The summed E-state index contributed by atoms with van der Waals surface area (Å²) in [6.45, 7) is 4.34. The fourth-order valence-corrected chi connectivity index (χ4v) is 4.23. The van der Waals surface area contributed by atoms with Crippen molar-refractivity contribution < 1.29 is 14.3 Å². The predicted molar refractivity (Wildman–Crippen MR) is 96.6 cm³/mol. The van der Waals surface area contributed by atoms with Crippen LogP contribution >= 0.6 is 0 Å². The second-order valence-electron chi connectivity index (χ2n) is 7.42. The average molecular weight is 344 g/mol. The quantitative estimate of drug-likeness (QED) is 0.892. The molecule has 0 radical (unpaired) electrons. The third-order valence-electron chi connectivity index (χ3n) is 5.70. The van der Waals surface area contributed by atoms with Crippen LogP contribution < -0.4 is 5.32 Å². The second kappa shape index (κ2) is 7.85. The van der Waals surface area contributed by atoms with Gasteiger partial charge in [0.15, 0.2) is 6.29 Å². The Labute approximate surface area is 149 Å². The number of amides is 1. The Balaban J connectivity index is 1.19. The molecule has 0 atom stereocenters. The molecule has 3 aliphatic rings. The van der Waals surface area contributed by atoms with Crippen molar-refractivity contribution in [3.05, 3.63) is 29.3 Å². The summed E-state index contributed by atoms with van der Waals surface area (Å²) >= 11 is 0. The van der Waals surface area contributed by atoms with Gasteiger partial charge in [-0.1, -0.05) is 6.07 Å². The largest absolute Gasteiger partial charge is 0.350 e. The summed E-state index contributed by atoms with van der Waals surface area (Å²) < 4.78 is 11.2. The molecule has 0 saturated carbocycles. The molecule has 25 heavy (non-hydrogen) atoms. The molecule has 1 aromatic rings. The maximum Gasteiger partial charge on any atom is 0.225 e. The Morgan fingerprint density at radius 1 is 1.12 bits per heavy atom. The zero-order valence-electron chi connectivity index (χ0n) is 14.8. The fraction of sp³-hybridized carbons (Fsp3) is 0.650. The van der Waals surface area contributed by atoms with E-state index in [1.165, 1.54) is 24.0 Å². The number of benzene rings is 1. The SMILES string of the molecule is O=C(CCN1CCC(C2OCCO2)CC1)Nc1ccc2c(c1)CCC2. The van der Waals surface area contributed by atoms with Crippen LogP contribution in [0.3, 0.4) is 0 Å². The lowest BCUT2D eigenvalue weighted by atomic mass is 9.96. The summed E-state index contributed by atoms with van der Waals surface area (Å²) in [6, 6.07) is 6.35. The second-order valence-corrected chi connectivity index (χ2v) is 7.42. The highest BCUT2D eigenvalue weighted by Crippen LogP contribution is 2.26. The molecule has 1 aliphatic carbocycles. The molecule has 0 unspecified atom stereocenters. The molecule has 0 bridgehead atoms. The average Bonchev–Trinajstić information content (AvgIpc) is 3.32. The van der Waals surface area contributed by atoms with Crippen molar-refractivity contribution >= 4 is 11.6 Å². The van der Waals surface area contributed by atoms with Crippen molar-refractivity contribution in [1.82, 2.24) is 4.90 Å². The summed E-state index contributed by atoms with van der Waals surface area (Å²) in [6.07, 6.45) is 6.30. The highest BCUT2D eigenvalue weighted by atomic mass is 16.7. The van der Waals surface area contributed by atoms with Crippen molar-refractivity contribution in [2.24, 2.45) is 5.92 Å². The lowest BCUT2D eigenvalue weighted by Crippen LogP contribution is -2.39. The van der Waals surface area contributed by atoms with Crippen molar-refractivity contribution in [2.75, 3.05) is 38.2 Å². The van der Waals surface area contributed by atoms with Gasteiger partial charge in [0.05, 0.1) is 13.2 Å². The Morgan fingerprint density at radius 2 is 1.88 bits per heavy atom. The number of rotatable bonds is 5. The minimum absolute atomic E-state index is 0.00487. The molecule has 0 aromatic heterocycles. The van der Waals surface area contributed by atoms with Crippen LogP contribution in [0.1, 0.15) is 36.8 Å². The molecule has 2 saturated heterocycles. The molecular weight excluding hydrogens is 316 g/mol. The van der Waals surface area contributed by atoms with Gasteiger partial charge in [-0.15, -0.1) is 0 Å². The topological polar surface area (TPSA) is 50.8 Å². The Hall–Kier alpha value is -1.43. The number of piperidine rings is 1. The van der Waals surface area contributed by atoms with Gasteiger partial charge in [0.2, 0.25) is 5.91 Å². The summed E-state index contributed by atoms with van der Waals surface area (Å²) in [5, 5.41) is 3.06. The van der Waals surface area contributed by atoms with Crippen molar-refractivity contribution in [1.29, 1.82) is 0 Å². The van der Waals surface area contributed by atoms with Gasteiger partial charge in [0.1, 0.15) is 0 Å². The summed E-state index contributed by atoms with van der Waals surface area (Å²) in [5.74, 6) is 0.626. The first-order valence-electron chi connectivity index (χ1n) is 9.65. The van der Waals surface area contributed by atoms with Crippen LogP contribution in [0.4, 0.5) is 5.69 Å². The van der Waals surface area contributed by atoms with Crippen LogP contribution in [0, 0.1) is 5.92 Å². The van der Waals surface area contributed by atoms with Gasteiger partial charge in [0.25, 0.3) is 0 Å². The molecule has 2 fully saturated rings. The first-order chi connectivity index (χ1) is 12.3. The van der Waals surface area contributed by atoms with Crippen LogP contribution in [0.25, 0.3) is 0 Å². The monoisotopic (exact) mass is 344 g/mol.